The SMILES string of the molecule is S=P(CC(c1ccncc1)P(=S)(c1ccccc1)c1ccccc1)(c1ccccc1)c1ccccc1. The minimum Gasteiger partial charge on any atom is -0.265 e. The van der Waals surface area contributed by atoms with Gasteiger partial charge in [0.2, 0.25) is 0 Å². The highest BCUT2D eigenvalue weighted by molar-refractivity contribution is 8.24. The standard InChI is InChI=1S/C31H27NP2S2/c35-33(27-13-5-1-6-14-27,28-15-7-2-8-16-28)25-31(26-21-23-32-24-22-26)34(36,29-17-9-3-10-18-29)30-19-11-4-12-20-30/h1-24,31H,25H2. The molecule has 1 aromatic heterocycles. The Kier molecular flexibility index (Phi) is 7.75. The normalized spacial score (nSPS) is 12.7. The van der Waals surface area contributed by atoms with Crippen LogP contribution in [0.3, 0.4) is 0 Å². The zero-order valence-corrected chi connectivity index (χ0v) is 23.2. The van der Waals surface area contributed by atoms with E-state index < -0.39 is 12.1 Å². The van der Waals surface area contributed by atoms with Crippen molar-refractivity contribution in [1.82, 2.24) is 4.98 Å². The maximum atomic E-state index is 6.87. The van der Waals surface area contributed by atoms with Crippen LogP contribution in [0.5, 0.6) is 0 Å². The molecule has 1 unspecified atom stereocenters. The summed E-state index contributed by atoms with van der Waals surface area (Å²) in [4.78, 5) is 4.33. The molecule has 1 atom stereocenters. The average Bonchev–Trinajstić information content (AvgIpc) is 2.97. The Morgan fingerprint density at radius 1 is 0.500 bits per heavy atom. The van der Waals surface area contributed by atoms with Gasteiger partial charge in [0.15, 0.2) is 0 Å². The van der Waals surface area contributed by atoms with E-state index in [-0.39, 0.29) is 5.66 Å². The fraction of sp³-hybridized carbons (Fsp3) is 0.0645. The first-order valence-electron chi connectivity index (χ1n) is 11.9. The quantitative estimate of drug-likeness (QED) is 0.212. The lowest BCUT2D eigenvalue weighted by Crippen LogP contribution is -2.27. The van der Waals surface area contributed by atoms with Gasteiger partial charge in [-0.2, -0.15) is 0 Å². The molecule has 5 heteroatoms. The molecule has 0 amide bonds. The first kappa shape index (κ1) is 25.0. The van der Waals surface area contributed by atoms with E-state index in [4.69, 9.17) is 23.6 Å². The van der Waals surface area contributed by atoms with E-state index in [0.717, 1.165) is 6.16 Å². The lowest BCUT2D eigenvalue weighted by atomic mass is 10.2. The van der Waals surface area contributed by atoms with Crippen LogP contribution in [0.1, 0.15) is 11.2 Å². The second-order valence-corrected chi connectivity index (χ2v) is 18.2. The Hall–Kier alpha value is -2.67. The predicted molar refractivity (Wildman–Crippen MR) is 165 cm³/mol. The van der Waals surface area contributed by atoms with Gasteiger partial charge in [0, 0.05) is 30.1 Å². The van der Waals surface area contributed by atoms with E-state index in [0.29, 0.717) is 0 Å². The number of aromatic nitrogens is 1. The minimum absolute atomic E-state index is 0.0616. The zero-order chi connectivity index (χ0) is 24.8. The molecule has 0 aliphatic carbocycles. The molecule has 0 bridgehead atoms. The Balaban J connectivity index is 1.77. The summed E-state index contributed by atoms with van der Waals surface area (Å²) in [6.07, 6.45) is 4.57. The molecule has 36 heavy (non-hydrogen) atoms. The van der Waals surface area contributed by atoms with Gasteiger partial charge in [-0.25, -0.2) is 0 Å². The molecule has 1 heterocycles. The van der Waals surface area contributed by atoms with Crippen LogP contribution in [0, 0.1) is 0 Å². The molecule has 178 valence electrons. The summed E-state index contributed by atoms with van der Waals surface area (Å²) in [6.45, 7) is 0. The highest BCUT2D eigenvalue weighted by Crippen LogP contribution is 2.63. The molecule has 0 radical (unpaired) electrons. The third kappa shape index (κ3) is 4.95. The van der Waals surface area contributed by atoms with Crippen molar-refractivity contribution in [1.29, 1.82) is 0 Å². The van der Waals surface area contributed by atoms with Crippen LogP contribution >= 0.6 is 12.1 Å². The van der Waals surface area contributed by atoms with Gasteiger partial charge in [-0.3, -0.25) is 4.98 Å². The second-order valence-electron chi connectivity index (χ2n) is 8.72. The van der Waals surface area contributed by atoms with Crippen molar-refractivity contribution in [3.63, 3.8) is 0 Å². The van der Waals surface area contributed by atoms with Crippen molar-refractivity contribution in [2.45, 2.75) is 5.66 Å². The van der Waals surface area contributed by atoms with Crippen LogP contribution in [0.4, 0.5) is 0 Å². The third-order valence-electron chi connectivity index (χ3n) is 6.59. The predicted octanol–water partition coefficient (Wildman–Crippen LogP) is 6.38. The largest absolute Gasteiger partial charge is 0.265 e. The summed E-state index contributed by atoms with van der Waals surface area (Å²) >= 11 is 13.6. The average molecular weight is 540 g/mol. The van der Waals surface area contributed by atoms with Crippen LogP contribution < -0.4 is 21.2 Å². The second kappa shape index (κ2) is 11.2. The Morgan fingerprint density at radius 3 is 1.25 bits per heavy atom. The van der Waals surface area contributed by atoms with Gasteiger partial charge < -0.3 is 0 Å². The summed E-state index contributed by atoms with van der Waals surface area (Å²) in [5.74, 6) is 0. The van der Waals surface area contributed by atoms with Gasteiger partial charge in [-0.1, -0.05) is 145 Å². The van der Waals surface area contributed by atoms with Gasteiger partial charge in [0.05, 0.1) is 0 Å². The van der Waals surface area contributed by atoms with E-state index in [1.54, 1.807) is 0 Å². The highest BCUT2D eigenvalue weighted by atomic mass is 32.4. The van der Waals surface area contributed by atoms with Crippen molar-refractivity contribution in [3.05, 3.63) is 151 Å². The fourth-order valence-corrected chi connectivity index (χ4v) is 15.2. The minimum atomic E-state index is -2.33. The van der Waals surface area contributed by atoms with E-state index in [2.05, 4.69) is 138 Å². The molecule has 0 saturated carbocycles. The van der Waals surface area contributed by atoms with Gasteiger partial charge in [0.25, 0.3) is 0 Å². The molecule has 0 spiro atoms. The van der Waals surface area contributed by atoms with Crippen LogP contribution in [0.15, 0.2) is 146 Å². The molecular formula is C31H27NP2S2. The topological polar surface area (TPSA) is 12.9 Å². The van der Waals surface area contributed by atoms with Gasteiger partial charge in [0.1, 0.15) is 0 Å². The number of pyridine rings is 1. The molecule has 5 aromatic rings. The van der Waals surface area contributed by atoms with Crippen molar-refractivity contribution in [2.24, 2.45) is 0 Å². The van der Waals surface area contributed by atoms with Crippen LogP contribution in [0.25, 0.3) is 0 Å². The Bertz CT molecular complexity index is 1410. The van der Waals surface area contributed by atoms with E-state index in [1.807, 2.05) is 12.4 Å². The smallest absolute Gasteiger partial charge is 0.0270 e. The first-order valence-corrected chi connectivity index (χ1v) is 17.8. The lowest BCUT2D eigenvalue weighted by molar-refractivity contribution is 1.08. The van der Waals surface area contributed by atoms with E-state index in [9.17, 15) is 0 Å². The number of benzene rings is 4. The molecule has 5 rings (SSSR count). The monoisotopic (exact) mass is 539 g/mol. The Labute approximate surface area is 224 Å². The van der Waals surface area contributed by atoms with Gasteiger partial charge in [-0.05, 0) is 45.1 Å². The van der Waals surface area contributed by atoms with Crippen molar-refractivity contribution >= 4 is 56.9 Å². The maximum absolute atomic E-state index is 6.87. The fourth-order valence-electron chi connectivity index (χ4n) is 4.76. The number of hydrogen-bond acceptors (Lipinski definition) is 3. The molecule has 1 nitrogen and oxygen atoms in total. The first-order chi connectivity index (χ1) is 17.6. The Morgan fingerprint density at radius 2 is 0.861 bits per heavy atom. The summed E-state index contributed by atoms with van der Waals surface area (Å²) in [5.41, 5.74) is 1.27. The highest BCUT2D eigenvalue weighted by Gasteiger charge is 2.38. The zero-order valence-electron chi connectivity index (χ0n) is 19.8. The summed E-state index contributed by atoms with van der Waals surface area (Å²) < 4.78 is 0. The van der Waals surface area contributed by atoms with Crippen LogP contribution in [-0.4, -0.2) is 11.1 Å². The number of nitrogens with zero attached hydrogens (tertiary/aromatic N) is 1. The number of hydrogen-bond donors (Lipinski definition) is 0. The molecule has 4 aromatic carbocycles. The molecule has 0 fully saturated rings. The van der Waals surface area contributed by atoms with E-state index in [1.165, 1.54) is 26.8 Å². The van der Waals surface area contributed by atoms with E-state index >= 15 is 0 Å². The van der Waals surface area contributed by atoms with Gasteiger partial charge >= 0.3 is 0 Å². The maximum Gasteiger partial charge on any atom is 0.0270 e. The van der Waals surface area contributed by atoms with Crippen LogP contribution in [0.2, 0.25) is 0 Å². The van der Waals surface area contributed by atoms with Gasteiger partial charge in [-0.15, -0.1) is 0 Å². The summed E-state index contributed by atoms with van der Waals surface area (Å²) in [6, 6.07) is 42.4. The number of rotatable bonds is 8. The van der Waals surface area contributed by atoms with Crippen LogP contribution in [-0.2, 0) is 23.6 Å². The van der Waals surface area contributed by atoms with Crippen molar-refractivity contribution < 1.29 is 0 Å². The molecule has 0 aliphatic heterocycles. The molecule has 0 N–H and O–H groups in total. The lowest BCUT2D eigenvalue weighted by Gasteiger charge is -2.37. The molecular weight excluding hydrogens is 512 g/mol. The summed E-state index contributed by atoms with van der Waals surface area (Å²) in [7, 11) is 0. The van der Waals surface area contributed by atoms with Crippen molar-refractivity contribution in [2.75, 3.05) is 6.16 Å². The summed E-state index contributed by atoms with van der Waals surface area (Å²) in [5, 5.41) is 4.90. The molecule has 0 aliphatic rings. The van der Waals surface area contributed by atoms with Crippen molar-refractivity contribution in [3.8, 4) is 0 Å². The molecule has 0 saturated heterocycles. The third-order valence-corrected chi connectivity index (χ3v) is 17.2.